The summed E-state index contributed by atoms with van der Waals surface area (Å²) >= 11 is 0. The summed E-state index contributed by atoms with van der Waals surface area (Å²) in [4.78, 5) is 24.6. The smallest absolute Gasteiger partial charge is 0.315 e. The topological polar surface area (TPSA) is 81.7 Å². The average molecular weight is 271 g/mol. The van der Waals surface area contributed by atoms with Gasteiger partial charge in [0.05, 0.1) is 6.42 Å². The van der Waals surface area contributed by atoms with Crippen LogP contribution in [0.5, 0.6) is 0 Å². The lowest BCUT2D eigenvalue weighted by atomic mass is 10.1. The molecule has 6 nitrogen and oxygen atoms in total. The first-order valence-electron chi connectivity index (χ1n) is 7.10. The van der Waals surface area contributed by atoms with Crippen LogP contribution in [-0.2, 0) is 4.79 Å². The van der Waals surface area contributed by atoms with Gasteiger partial charge in [-0.3, -0.25) is 4.79 Å². The predicted molar refractivity (Wildman–Crippen MR) is 73.2 cm³/mol. The Kier molecular flexibility index (Phi) is 7.25. The maximum absolute atomic E-state index is 11.6. The average Bonchev–Trinajstić information content (AvgIpc) is 2.81. The Labute approximate surface area is 114 Å². The third kappa shape index (κ3) is 7.00. The van der Waals surface area contributed by atoms with E-state index in [0.29, 0.717) is 13.0 Å². The van der Waals surface area contributed by atoms with Crippen molar-refractivity contribution in [3.05, 3.63) is 0 Å². The summed E-state index contributed by atoms with van der Waals surface area (Å²) in [6.45, 7) is 5.67. The fourth-order valence-corrected chi connectivity index (χ4v) is 2.35. The maximum Gasteiger partial charge on any atom is 0.315 e. The van der Waals surface area contributed by atoms with Crippen LogP contribution in [0.15, 0.2) is 0 Å². The van der Waals surface area contributed by atoms with Crippen LogP contribution in [0.3, 0.4) is 0 Å². The molecule has 1 atom stereocenters. The van der Waals surface area contributed by atoms with Gasteiger partial charge in [0, 0.05) is 19.1 Å². The third-order valence-electron chi connectivity index (χ3n) is 3.31. The Morgan fingerprint density at radius 3 is 2.58 bits per heavy atom. The highest BCUT2D eigenvalue weighted by Gasteiger charge is 2.15. The largest absolute Gasteiger partial charge is 0.481 e. The van der Waals surface area contributed by atoms with E-state index < -0.39 is 5.97 Å². The molecule has 6 heteroatoms. The number of hydrogen-bond donors (Lipinski definition) is 3. The molecular weight excluding hydrogens is 246 g/mol. The van der Waals surface area contributed by atoms with Crippen LogP contribution in [0.2, 0.25) is 0 Å². The Balaban J connectivity index is 2.17. The minimum Gasteiger partial charge on any atom is -0.481 e. The number of carboxylic acid groups (broad SMARTS) is 1. The highest BCUT2D eigenvalue weighted by molar-refractivity contribution is 5.75. The van der Waals surface area contributed by atoms with Crippen molar-refractivity contribution in [1.29, 1.82) is 0 Å². The van der Waals surface area contributed by atoms with Crippen LogP contribution in [0.4, 0.5) is 4.79 Å². The molecule has 1 fully saturated rings. The first-order valence-corrected chi connectivity index (χ1v) is 7.10. The summed E-state index contributed by atoms with van der Waals surface area (Å²) in [5.74, 6) is -0.879. The fraction of sp³-hybridized carbons (Fsp3) is 0.846. The molecule has 1 aliphatic rings. The first kappa shape index (κ1) is 15.8. The Bertz CT molecular complexity index is 291. The van der Waals surface area contributed by atoms with Crippen LogP contribution in [0.1, 0.15) is 39.0 Å². The van der Waals surface area contributed by atoms with Gasteiger partial charge in [-0.1, -0.05) is 13.3 Å². The number of urea groups is 1. The molecule has 0 aromatic carbocycles. The lowest BCUT2D eigenvalue weighted by Gasteiger charge is -2.18. The molecule has 19 heavy (non-hydrogen) atoms. The van der Waals surface area contributed by atoms with E-state index in [9.17, 15) is 9.59 Å². The highest BCUT2D eigenvalue weighted by atomic mass is 16.4. The van der Waals surface area contributed by atoms with Crippen LogP contribution >= 0.6 is 0 Å². The van der Waals surface area contributed by atoms with Gasteiger partial charge in [0.15, 0.2) is 0 Å². The molecular formula is C13H25N3O3. The number of nitrogens with one attached hydrogen (secondary N) is 2. The first-order chi connectivity index (χ1) is 9.11. The van der Waals surface area contributed by atoms with E-state index in [-0.39, 0.29) is 18.5 Å². The Morgan fingerprint density at radius 2 is 2.00 bits per heavy atom. The Morgan fingerprint density at radius 1 is 1.32 bits per heavy atom. The van der Waals surface area contributed by atoms with Crippen LogP contribution < -0.4 is 10.6 Å². The second kappa shape index (κ2) is 8.74. The van der Waals surface area contributed by atoms with Crippen molar-refractivity contribution in [2.45, 2.75) is 45.1 Å². The van der Waals surface area contributed by atoms with E-state index in [1.165, 1.54) is 12.8 Å². The lowest BCUT2D eigenvalue weighted by Crippen LogP contribution is -2.45. The highest BCUT2D eigenvalue weighted by Crippen LogP contribution is 2.05. The minimum absolute atomic E-state index is 0.0205. The molecule has 1 rings (SSSR count). The molecule has 1 aliphatic heterocycles. The summed E-state index contributed by atoms with van der Waals surface area (Å²) < 4.78 is 0. The number of nitrogens with zero attached hydrogens (tertiary/aromatic N) is 1. The second-order valence-electron chi connectivity index (χ2n) is 5.03. The molecule has 1 saturated heterocycles. The van der Waals surface area contributed by atoms with Crippen molar-refractivity contribution < 1.29 is 14.7 Å². The zero-order chi connectivity index (χ0) is 14.1. The normalized spacial score (nSPS) is 17.1. The quantitative estimate of drug-likeness (QED) is 0.616. The summed E-state index contributed by atoms with van der Waals surface area (Å²) in [6, 6.07) is -0.548. The molecule has 0 aromatic rings. The minimum atomic E-state index is -0.879. The van der Waals surface area contributed by atoms with Crippen molar-refractivity contribution in [3.63, 3.8) is 0 Å². The number of likely N-dealkylation sites (tertiary alicyclic amines) is 1. The zero-order valence-electron chi connectivity index (χ0n) is 11.7. The summed E-state index contributed by atoms with van der Waals surface area (Å²) in [5, 5.41) is 14.3. The summed E-state index contributed by atoms with van der Waals surface area (Å²) in [5.41, 5.74) is 0. The molecule has 0 radical (unpaired) electrons. The number of hydrogen-bond acceptors (Lipinski definition) is 3. The standard InChI is InChI=1S/C13H25N3O3/c1-2-5-11(10-12(17)18)15-13(19)14-6-9-16-7-3-4-8-16/h11H,2-10H2,1H3,(H,17,18)(H2,14,15,19). The third-order valence-corrected chi connectivity index (χ3v) is 3.31. The summed E-state index contributed by atoms with van der Waals surface area (Å²) in [6.07, 6.45) is 4.00. The van der Waals surface area contributed by atoms with E-state index >= 15 is 0 Å². The number of carbonyl (C=O) groups is 2. The molecule has 0 aromatic heterocycles. The summed E-state index contributed by atoms with van der Waals surface area (Å²) in [7, 11) is 0. The van der Waals surface area contributed by atoms with Crippen LogP contribution in [0.25, 0.3) is 0 Å². The van der Waals surface area contributed by atoms with Crippen molar-refractivity contribution in [1.82, 2.24) is 15.5 Å². The van der Waals surface area contributed by atoms with E-state index in [1.54, 1.807) is 0 Å². The van der Waals surface area contributed by atoms with Crippen molar-refractivity contribution in [3.8, 4) is 0 Å². The Hall–Kier alpha value is -1.30. The number of carbonyl (C=O) groups excluding carboxylic acids is 1. The maximum atomic E-state index is 11.6. The van der Waals surface area contributed by atoms with Gasteiger partial charge < -0.3 is 20.6 Å². The number of rotatable bonds is 8. The predicted octanol–water partition coefficient (Wildman–Crippen LogP) is 1.02. The van der Waals surface area contributed by atoms with Crippen molar-refractivity contribution in [2.75, 3.05) is 26.2 Å². The van der Waals surface area contributed by atoms with E-state index in [0.717, 1.165) is 26.1 Å². The van der Waals surface area contributed by atoms with Crippen LogP contribution in [0, 0.1) is 0 Å². The monoisotopic (exact) mass is 271 g/mol. The lowest BCUT2D eigenvalue weighted by molar-refractivity contribution is -0.137. The van der Waals surface area contributed by atoms with E-state index in [1.807, 2.05) is 6.92 Å². The van der Waals surface area contributed by atoms with Gasteiger partial charge in [0.25, 0.3) is 0 Å². The van der Waals surface area contributed by atoms with Gasteiger partial charge in [-0.15, -0.1) is 0 Å². The zero-order valence-corrected chi connectivity index (χ0v) is 11.7. The van der Waals surface area contributed by atoms with Gasteiger partial charge in [0.1, 0.15) is 0 Å². The number of aliphatic carboxylic acids is 1. The number of carboxylic acids is 1. The molecule has 0 saturated carbocycles. The van der Waals surface area contributed by atoms with Crippen LogP contribution in [-0.4, -0.2) is 54.2 Å². The SMILES string of the molecule is CCCC(CC(=O)O)NC(=O)NCCN1CCCC1. The molecule has 0 spiro atoms. The van der Waals surface area contributed by atoms with Crippen molar-refractivity contribution >= 4 is 12.0 Å². The van der Waals surface area contributed by atoms with Crippen molar-refractivity contribution in [2.24, 2.45) is 0 Å². The molecule has 2 amide bonds. The molecule has 3 N–H and O–H groups in total. The molecule has 1 heterocycles. The van der Waals surface area contributed by atoms with Gasteiger partial charge in [0.2, 0.25) is 0 Å². The van der Waals surface area contributed by atoms with Gasteiger partial charge >= 0.3 is 12.0 Å². The molecule has 0 aliphatic carbocycles. The van der Waals surface area contributed by atoms with Gasteiger partial charge in [-0.05, 0) is 32.4 Å². The molecule has 1 unspecified atom stereocenters. The fourth-order valence-electron chi connectivity index (χ4n) is 2.35. The molecule has 110 valence electrons. The number of amides is 2. The second-order valence-corrected chi connectivity index (χ2v) is 5.03. The van der Waals surface area contributed by atoms with Gasteiger partial charge in [-0.25, -0.2) is 4.79 Å². The molecule has 0 bridgehead atoms. The van der Waals surface area contributed by atoms with E-state index in [4.69, 9.17) is 5.11 Å². The van der Waals surface area contributed by atoms with E-state index in [2.05, 4.69) is 15.5 Å². The van der Waals surface area contributed by atoms with Gasteiger partial charge in [-0.2, -0.15) is 0 Å².